The topological polar surface area (TPSA) is 163 Å². The molecule has 1 aliphatic rings. The van der Waals surface area contributed by atoms with Gasteiger partial charge in [-0.2, -0.15) is 0 Å². The summed E-state index contributed by atoms with van der Waals surface area (Å²) in [5.41, 5.74) is 2.62. The molecule has 13 nitrogen and oxygen atoms in total. The summed E-state index contributed by atoms with van der Waals surface area (Å²) >= 11 is 0. The van der Waals surface area contributed by atoms with Gasteiger partial charge in [-0.3, -0.25) is 14.4 Å². The van der Waals surface area contributed by atoms with Gasteiger partial charge in [-0.15, -0.1) is 10.2 Å². The van der Waals surface area contributed by atoms with Crippen molar-refractivity contribution in [2.24, 2.45) is 0 Å². The fourth-order valence-corrected chi connectivity index (χ4v) is 4.84. The largest absolute Gasteiger partial charge is 0.493 e. The molecule has 3 aromatic carbocycles. The zero-order valence-corrected chi connectivity index (χ0v) is 25.0. The average Bonchev–Trinajstić information content (AvgIpc) is 3.35. The number of fused-ring (bicyclic) bond motifs is 1. The number of carbonyl (C=O) groups excluding carboxylic acids is 3. The molecule has 0 saturated carbocycles. The Balaban J connectivity index is 1.54. The molecule has 0 bridgehead atoms. The van der Waals surface area contributed by atoms with Crippen molar-refractivity contribution in [3.63, 3.8) is 0 Å². The van der Waals surface area contributed by atoms with Crippen LogP contribution in [0.25, 0.3) is 0 Å². The van der Waals surface area contributed by atoms with Gasteiger partial charge in [-0.05, 0) is 61.4 Å². The Kier molecular flexibility index (Phi) is 8.38. The van der Waals surface area contributed by atoms with Crippen molar-refractivity contribution in [2.75, 3.05) is 32.0 Å². The van der Waals surface area contributed by atoms with E-state index in [9.17, 15) is 14.4 Å². The Morgan fingerprint density at radius 3 is 2.16 bits per heavy atom. The molecule has 4 aromatic rings. The molecule has 0 fully saturated rings. The van der Waals surface area contributed by atoms with Crippen LogP contribution < -0.4 is 34.9 Å². The van der Waals surface area contributed by atoms with Gasteiger partial charge in [0.25, 0.3) is 11.8 Å². The quantitative estimate of drug-likeness (QED) is 0.251. The lowest BCUT2D eigenvalue weighted by Gasteiger charge is -2.17. The lowest BCUT2D eigenvalue weighted by Crippen LogP contribution is -2.42. The number of rotatable bonds is 9. The highest BCUT2D eigenvalue weighted by Gasteiger charge is 2.31. The maximum Gasteiger partial charge on any atom is 0.256 e. The first-order valence-electron chi connectivity index (χ1n) is 13.5. The fraction of sp³-hybridized carbons (Fsp3) is 0.258. The van der Waals surface area contributed by atoms with E-state index in [0.717, 1.165) is 11.1 Å². The molecule has 0 unspecified atom stereocenters. The maximum absolute atomic E-state index is 13.6. The average molecular weight is 602 g/mol. The number of amides is 3. The third kappa shape index (κ3) is 6.26. The monoisotopic (exact) mass is 601 g/mol. The summed E-state index contributed by atoms with van der Waals surface area (Å²) in [6, 6.07) is 10.6. The van der Waals surface area contributed by atoms with Gasteiger partial charge >= 0.3 is 0 Å². The van der Waals surface area contributed by atoms with Gasteiger partial charge < -0.3 is 39.3 Å². The van der Waals surface area contributed by atoms with Gasteiger partial charge in [0.05, 0.1) is 44.7 Å². The zero-order chi connectivity index (χ0) is 31.5. The first kappa shape index (κ1) is 29.9. The van der Waals surface area contributed by atoms with Crippen molar-refractivity contribution in [3.05, 3.63) is 76.5 Å². The number of carbonyl (C=O) groups is 3. The zero-order valence-electron chi connectivity index (χ0n) is 25.0. The van der Waals surface area contributed by atoms with Crippen molar-refractivity contribution < 1.29 is 37.7 Å². The molecular weight excluding hydrogens is 570 g/mol. The normalized spacial score (nSPS) is 14.1. The highest BCUT2D eigenvalue weighted by molar-refractivity contribution is 6.12. The fourth-order valence-electron chi connectivity index (χ4n) is 4.84. The SMILES string of the molecule is COc1cc(C(=O)Nc2cc3c(cc2Oc2cc(C)cc(C)c2)C(=O)N[C@@H](Cc2nnc(C)o2)C(=O)N3)cc(OC)c1OC. The molecule has 0 saturated heterocycles. The Morgan fingerprint density at radius 1 is 0.886 bits per heavy atom. The van der Waals surface area contributed by atoms with Crippen molar-refractivity contribution >= 4 is 29.1 Å². The molecule has 1 aromatic heterocycles. The summed E-state index contributed by atoms with van der Waals surface area (Å²) in [5, 5.41) is 16.0. The standard InChI is InChI=1S/C31H31N5O8/c1-15-7-16(2)9-19(8-15)44-24-12-20-21(32-31(39)23(34-30(20)38)14-27-36-35-17(3)43-27)13-22(24)33-29(37)18-10-25(40-4)28(42-6)26(11-18)41-5/h7-13,23H,14H2,1-6H3,(H,32,39)(H,33,37)(H,34,38)/t23-/m0/s1. The number of ether oxygens (including phenoxy) is 4. The van der Waals surface area contributed by atoms with Crippen molar-refractivity contribution in [1.29, 1.82) is 0 Å². The second-order valence-electron chi connectivity index (χ2n) is 10.1. The molecule has 0 spiro atoms. The van der Waals surface area contributed by atoms with E-state index in [1.54, 1.807) is 6.92 Å². The first-order chi connectivity index (χ1) is 21.1. The lowest BCUT2D eigenvalue weighted by atomic mass is 10.1. The minimum atomic E-state index is -0.990. The van der Waals surface area contributed by atoms with Crippen LogP contribution in [0.15, 0.2) is 46.9 Å². The van der Waals surface area contributed by atoms with Gasteiger partial charge in [0.1, 0.15) is 11.8 Å². The predicted molar refractivity (Wildman–Crippen MR) is 159 cm³/mol. The van der Waals surface area contributed by atoms with E-state index in [1.807, 2.05) is 32.0 Å². The van der Waals surface area contributed by atoms with Crippen LogP contribution in [-0.2, 0) is 11.2 Å². The van der Waals surface area contributed by atoms with Crippen LogP contribution >= 0.6 is 0 Å². The number of anilines is 2. The van der Waals surface area contributed by atoms with Crippen LogP contribution in [0.4, 0.5) is 11.4 Å². The van der Waals surface area contributed by atoms with E-state index in [2.05, 4.69) is 26.1 Å². The highest BCUT2D eigenvalue weighted by Crippen LogP contribution is 2.40. The Hall–Kier alpha value is -5.59. The van der Waals surface area contributed by atoms with E-state index < -0.39 is 23.8 Å². The molecule has 1 atom stereocenters. The second kappa shape index (κ2) is 12.3. The summed E-state index contributed by atoms with van der Waals surface area (Å²) in [5.74, 6) is 0.533. The molecular formula is C31H31N5O8. The number of hydrogen-bond acceptors (Lipinski definition) is 10. The highest BCUT2D eigenvalue weighted by atomic mass is 16.5. The molecule has 1 aliphatic heterocycles. The van der Waals surface area contributed by atoms with Crippen LogP contribution in [0.5, 0.6) is 28.7 Å². The third-order valence-corrected chi connectivity index (χ3v) is 6.79. The van der Waals surface area contributed by atoms with E-state index in [1.165, 1.54) is 45.6 Å². The van der Waals surface area contributed by atoms with E-state index in [-0.39, 0.29) is 52.1 Å². The van der Waals surface area contributed by atoms with Crippen LogP contribution in [0, 0.1) is 20.8 Å². The Morgan fingerprint density at radius 2 is 1.57 bits per heavy atom. The van der Waals surface area contributed by atoms with Crippen molar-refractivity contribution in [3.8, 4) is 28.7 Å². The van der Waals surface area contributed by atoms with E-state index >= 15 is 0 Å². The van der Waals surface area contributed by atoms with Crippen molar-refractivity contribution in [1.82, 2.24) is 15.5 Å². The van der Waals surface area contributed by atoms with E-state index in [0.29, 0.717) is 17.4 Å². The first-order valence-corrected chi connectivity index (χ1v) is 13.5. The predicted octanol–water partition coefficient (Wildman–Crippen LogP) is 4.36. The summed E-state index contributed by atoms with van der Waals surface area (Å²) in [6.07, 6.45) is -0.0109. The van der Waals surface area contributed by atoms with Gasteiger partial charge in [-0.25, -0.2) is 0 Å². The third-order valence-electron chi connectivity index (χ3n) is 6.79. The Bertz CT molecular complexity index is 1720. The van der Waals surface area contributed by atoms with Gasteiger partial charge in [0.2, 0.25) is 23.4 Å². The second-order valence-corrected chi connectivity index (χ2v) is 10.1. The smallest absolute Gasteiger partial charge is 0.256 e. The summed E-state index contributed by atoms with van der Waals surface area (Å²) in [6.45, 7) is 5.49. The van der Waals surface area contributed by atoms with Gasteiger partial charge in [0, 0.05) is 12.5 Å². The van der Waals surface area contributed by atoms with E-state index in [4.69, 9.17) is 23.4 Å². The minimum Gasteiger partial charge on any atom is -0.493 e. The van der Waals surface area contributed by atoms with Crippen LogP contribution in [0.1, 0.15) is 43.6 Å². The number of benzene rings is 3. The molecule has 228 valence electrons. The lowest BCUT2D eigenvalue weighted by molar-refractivity contribution is -0.118. The molecule has 5 rings (SSSR count). The summed E-state index contributed by atoms with van der Waals surface area (Å²) < 4.78 is 27.8. The molecule has 13 heteroatoms. The summed E-state index contributed by atoms with van der Waals surface area (Å²) in [7, 11) is 4.36. The van der Waals surface area contributed by atoms with Crippen LogP contribution in [-0.4, -0.2) is 55.3 Å². The molecule has 0 aliphatic carbocycles. The van der Waals surface area contributed by atoms with Crippen molar-refractivity contribution in [2.45, 2.75) is 33.2 Å². The molecule has 2 heterocycles. The number of nitrogens with zero attached hydrogens (tertiary/aromatic N) is 2. The van der Waals surface area contributed by atoms with Crippen LogP contribution in [0.2, 0.25) is 0 Å². The minimum absolute atomic E-state index is 0.0109. The number of nitrogens with one attached hydrogen (secondary N) is 3. The van der Waals surface area contributed by atoms with Gasteiger partial charge in [-0.1, -0.05) is 6.07 Å². The summed E-state index contributed by atoms with van der Waals surface area (Å²) in [4.78, 5) is 40.1. The van der Waals surface area contributed by atoms with Gasteiger partial charge in [0.15, 0.2) is 17.2 Å². The number of methoxy groups -OCH3 is 3. The maximum atomic E-state index is 13.6. The Labute approximate surface area is 252 Å². The number of hydrogen-bond donors (Lipinski definition) is 3. The number of aryl methyl sites for hydroxylation is 3. The molecule has 44 heavy (non-hydrogen) atoms. The molecule has 3 amide bonds. The van der Waals surface area contributed by atoms with Crippen LogP contribution in [0.3, 0.4) is 0 Å². The number of aromatic nitrogens is 2. The molecule has 3 N–H and O–H groups in total. The molecule has 0 radical (unpaired) electrons.